The van der Waals surface area contributed by atoms with Crippen molar-refractivity contribution in [1.29, 1.82) is 5.26 Å². The minimum atomic E-state index is -4.61. The first-order valence-electron chi connectivity index (χ1n) is 22.4. The van der Waals surface area contributed by atoms with Crippen molar-refractivity contribution in [2.75, 3.05) is 0 Å². The van der Waals surface area contributed by atoms with Crippen LogP contribution in [0.25, 0.3) is 104 Å². The third-order valence-electron chi connectivity index (χ3n) is 13.1. The Morgan fingerprint density at radius 2 is 0.941 bits per heavy atom. The molecular weight excluding hydrogens is 846 g/mol. The highest BCUT2D eigenvalue weighted by Gasteiger charge is 2.31. The molecule has 0 bridgehead atoms. The molecule has 4 nitrogen and oxygen atoms in total. The quantitative estimate of drug-likeness (QED) is 0.153. The van der Waals surface area contributed by atoms with Crippen LogP contribution in [0.1, 0.15) is 33.4 Å². The summed E-state index contributed by atoms with van der Waals surface area (Å²) in [6, 6.07) is 60.1. The smallest absolute Gasteiger partial charge is 0.309 e. The monoisotopic (exact) mass is 886 g/mol. The second-order valence-electron chi connectivity index (χ2n) is 17.8. The predicted octanol–water partition coefficient (Wildman–Crippen LogP) is 17.2. The van der Waals surface area contributed by atoms with Gasteiger partial charge in [0.15, 0.2) is 5.69 Å². The van der Waals surface area contributed by atoms with Gasteiger partial charge in [-0.3, -0.25) is 0 Å². The first kappa shape index (κ1) is 42.0. The lowest BCUT2D eigenvalue weighted by molar-refractivity contribution is -0.137. The van der Waals surface area contributed by atoms with Crippen molar-refractivity contribution in [2.24, 2.45) is 0 Å². The average molecular weight is 887 g/mol. The first-order valence-corrected chi connectivity index (χ1v) is 22.4. The van der Waals surface area contributed by atoms with Crippen LogP contribution in [0.3, 0.4) is 0 Å². The summed E-state index contributed by atoms with van der Waals surface area (Å²) in [5, 5.41) is 14.7. The van der Waals surface area contributed by atoms with Crippen LogP contribution in [0.5, 0.6) is 0 Å². The molecule has 0 radical (unpaired) electrons. The Labute approximate surface area is 391 Å². The Hall–Kier alpha value is -8.65. The summed E-state index contributed by atoms with van der Waals surface area (Å²) in [5.41, 5.74) is 16.6. The number of para-hydroxylation sites is 2. The Balaban J connectivity index is 1.21. The molecule has 11 aromatic rings. The van der Waals surface area contributed by atoms with E-state index in [-0.39, 0.29) is 5.69 Å². The number of benzene rings is 9. The topological polar surface area (TPSA) is 38.0 Å². The number of hydrogen-bond acceptors (Lipinski definition) is 1. The van der Waals surface area contributed by atoms with E-state index in [1.165, 1.54) is 28.3 Å². The van der Waals surface area contributed by atoms with Crippen molar-refractivity contribution < 1.29 is 13.2 Å². The second-order valence-corrected chi connectivity index (χ2v) is 17.8. The van der Waals surface area contributed by atoms with Gasteiger partial charge in [0.2, 0.25) is 0 Å². The van der Waals surface area contributed by atoms with Gasteiger partial charge in [-0.05, 0) is 128 Å². The zero-order valence-corrected chi connectivity index (χ0v) is 37.7. The van der Waals surface area contributed by atoms with E-state index < -0.39 is 11.7 Å². The number of nitriles is 1. The molecule has 0 aliphatic heterocycles. The molecular formula is C61H41F3N4. The molecule has 326 valence electrons. The molecule has 68 heavy (non-hydrogen) atoms. The van der Waals surface area contributed by atoms with Gasteiger partial charge in [0.05, 0.1) is 51.6 Å². The Morgan fingerprint density at radius 3 is 1.47 bits per heavy atom. The lowest BCUT2D eigenvalue weighted by Gasteiger charge is -2.20. The molecule has 0 amide bonds. The van der Waals surface area contributed by atoms with Crippen molar-refractivity contribution in [3.63, 3.8) is 0 Å². The van der Waals surface area contributed by atoms with E-state index in [2.05, 4.69) is 145 Å². The van der Waals surface area contributed by atoms with E-state index in [1.807, 2.05) is 60.7 Å². The third kappa shape index (κ3) is 7.08. The maximum atomic E-state index is 14.0. The fraction of sp³-hybridized carbons (Fsp3) is 0.0820. The summed E-state index contributed by atoms with van der Waals surface area (Å²) in [6.45, 7) is 16.5. The second kappa shape index (κ2) is 16.0. The zero-order valence-electron chi connectivity index (χ0n) is 37.7. The molecule has 0 N–H and O–H groups in total. The van der Waals surface area contributed by atoms with Crippen LogP contribution in [0.4, 0.5) is 18.9 Å². The van der Waals surface area contributed by atoms with Crippen LogP contribution in [0.15, 0.2) is 176 Å². The molecule has 0 fully saturated rings. The summed E-state index contributed by atoms with van der Waals surface area (Å²) in [7, 11) is 0. The van der Waals surface area contributed by atoms with Crippen LogP contribution < -0.4 is 0 Å². The molecule has 9 aromatic carbocycles. The van der Waals surface area contributed by atoms with Gasteiger partial charge in [-0.15, -0.1) is 0 Å². The van der Waals surface area contributed by atoms with Crippen LogP contribution >= 0.6 is 0 Å². The molecule has 11 rings (SSSR count). The maximum absolute atomic E-state index is 14.0. The van der Waals surface area contributed by atoms with Gasteiger partial charge >= 0.3 is 6.18 Å². The van der Waals surface area contributed by atoms with Gasteiger partial charge in [0.25, 0.3) is 0 Å². The lowest BCUT2D eigenvalue weighted by Crippen LogP contribution is -2.04. The third-order valence-corrected chi connectivity index (χ3v) is 13.1. The molecule has 0 spiro atoms. The van der Waals surface area contributed by atoms with E-state index in [0.717, 1.165) is 100 Å². The molecule has 0 aliphatic rings. The molecule has 0 saturated heterocycles. The van der Waals surface area contributed by atoms with Crippen LogP contribution in [-0.4, -0.2) is 9.13 Å². The fourth-order valence-corrected chi connectivity index (χ4v) is 10.3. The van der Waals surface area contributed by atoms with Crippen LogP contribution in [-0.2, 0) is 6.18 Å². The number of hydrogen-bond donors (Lipinski definition) is 0. The number of aromatic nitrogens is 2. The van der Waals surface area contributed by atoms with Crippen molar-refractivity contribution in [2.45, 2.75) is 33.9 Å². The van der Waals surface area contributed by atoms with Crippen molar-refractivity contribution >= 4 is 49.3 Å². The summed E-state index contributed by atoms with van der Waals surface area (Å²) >= 11 is 0. The molecule has 0 saturated carbocycles. The molecule has 0 unspecified atom stereocenters. The van der Waals surface area contributed by atoms with Gasteiger partial charge in [-0.1, -0.05) is 131 Å². The average Bonchev–Trinajstić information content (AvgIpc) is 3.84. The van der Waals surface area contributed by atoms with Gasteiger partial charge in [-0.25, -0.2) is 4.85 Å². The first-order chi connectivity index (χ1) is 32.9. The maximum Gasteiger partial charge on any atom is 0.415 e. The Morgan fingerprint density at radius 1 is 0.441 bits per heavy atom. The van der Waals surface area contributed by atoms with E-state index in [4.69, 9.17) is 6.57 Å². The molecule has 0 aliphatic carbocycles. The van der Waals surface area contributed by atoms with Crippen molar-refractivity contribution in [3.05, 3.63) is 221 Å². The number of nitrogens with zero attached hydrogens (tertiary/aromatic N) is 4. The SMILES string of the molecule is [C-]#[N+]c1cc(C(F)(F)F)ccc1-c1ccc(-n2c3ccccc3c3cc(-c4cc(C)cc(C)c4)ccc32)c(-c2ccc(C#N)cc2-n2c3ccccc3c3cc(-c4cc(C)cc(C)c4)ccc32)c1. The summed E-state index contributed by atoms with van der Waals surface area (Å²) in [5.74, 6) is 0. The van der Waals surface area contributed by atoms with Crippen LogP contribution in [0, 0.1) is 45.6 Å². The van der Waals surface area contributed by atoms with Crippen LogP contribution in [0.2, 0.25) is 0 Å². The highest BCUT2D eigenvalue weighted by atomic mass is 19.4. The molecule has 2 aromatic heterocycles. The standard InChI is InChI=1S/C61H41F3N4/c1-36-24-37(2)27-44(26-36)41-15-21-57-51(31-41)48-10-6-8-12-55(48)67(57)58-23-17-43(47-20-18-46(61(62,63)64)34-54(47)66-5)33-53(58)50-19-14-40(35-65)30-60(50)68-56-13-9-7-11-49(56)52-32-42(16-22-59(52)68)45-28-38(3)25-39(4)29-45/h6-34H,1-4H3. The fourth-order valence-electron chi connectivity index (χ4n) is 10.3. The minimum Gasteiger partial charge on any atom is -0.309 e. The number of fused-ring (bicyclic) bond motifs is 6. The Bertz CT molecular complexity index is 3940. The summed E-state index contributed by atoms with van der Waals surface area (Å²) in [6.07, 6.45) is -4.61. The van der Waals surface area contributed by atoms with E-state index in [1.54, 1.807) is 0 Å². The van der Waals surface area contributed by atoms with E-state index in [9.17, 15) is 18.4 Å². The number of halogens is 3. The van der Waals surface area contributed by atoms with Gasteiger partial charge in [-0.2, -0.15) is 18.4 Å². The minimum absolute atomic E-state index is 0.101. The molecule has 0 atom stereocenters. The summed E-state index contributed by atoms with van der Waals surface area (Å²) in [4.78, 5) is 3.61. The van der Waals surface area contributed by atoms with Gasteiger partial charge < -0.3 is 9.13 Å². The van der Waals surface area contributed by atoms with Gasteiger partial charge in [0.1, 0.15) is 0 Å². The van der Waals surface area contributed by atoms with E-state index in [0.29, 0.717) is 16.7 Å². The number of aryl methyl sites for hydroxylation is 4. The molecule has 2 heterocycles. The van der Waals surface area contributed by atoms with Crippen molar-refractivity contribution in [1.82, 2.24) is 9.13 Å². The normalized spacial score (nSPS) is 11.7. The van der Waals surface area contributed by atoms with Crippen molar-refractivity contribution in [3.8, 4) is 62.0 Å². The number of alkyl halides is 3. The molecule has 7 heteroatoms. The largest absolute Gasteiger partial charge is 0.415 e. The predicted molar refractivity (Wildman–Crippen MR) is 272 cm³/mol. The highest BCUT2D eigenvalue weighted by Crippen LogP contribution is 2.45. The lowest BCUT2D eigenvalue weighted by atomic mass is 9.93. The van der Waals surface area contributed by atoms with Gasteiger partial charge in [0, 0.05) is 38.2 Å². The number of rotatable bonds is 6. The zero-order chi connectivity index (χ0) is 47.0. The van der Waals surface area contributed by atoms with E-state index >= 15 is 0 Å². The summed E-state index contributed by atoms with van der Waals surface area (Å²) < 4.78 is 46.5. The Kier molecular flexibility index (Phi) is 9.92. The highest BCUT2D eigenvalue weighted by molar-refractivity contribution is 6.13.